The number of anilines is 1. The maximum atomic E-state index is 13.4. The molecule has 2 aliphatic heterocycles. The number of halogens is 1. The van der Waals surface area contributed by atoms with Crippen LogP contribution >= 0.6 is 11.6 Å². The maximum Gasteiger partial charge on any atom is 0.300 e. The second-order valence-corrected chi connectivity index (χ2v) is 9.43. The lowest BCUT2D eigenvalue weighted by Gasteiger charge is -2.25. The highest BCUT2D eigenvalue weighted by Crippen LogP contribution is 2.45. The van der Waals surface area contributed by atoms with Gasteiger partial charge in [0.1, 0.15) is 11.5 Å². The second kappa shape index (κ2) is 9.59. The van der Waals surface area contributed by atoms with E-state index in [-0.39, 0.29) is 18.1 Å². The zero-order valence-electron chi connectivity index (χ0n) is 19.7. The van der Waals surface area contributed by atoms with Gasteiger partial charge in [0.05, 0.1) is 18.2 Å². The van der Waals surface area contributed by atoms with Crippen molar-refractivity contribution in [3.63, 3.8) is 0 Å². The van der Waals surface area contributed by atoms with Crippen molar-refractivity contribution in [3.8, 4) is 17.2 Å². The molecule has 1 amide bonds. The Hall–Kier alpha value is -3.97. The summed E-state index contributed by atoms with van der Waals surface area (Å²) in [5.41, 5.74) is 1.40. The average molecular weight is 506 g/mol. The third kappa shape index (κ3) is 4.38. The van der Waals surface area contributed by atoms with E-state index in [4.69, 9.17) is 25.8 Å². The lowest BCUT2D eigenvalue weighted by Crippen LogP contribution is -2.29. The van der Waals surface area contributed by atoms with Crippen molar-refractivity contribution in [3.05, 3.63) is 88.5 Å². The van der Waals surface area contributed by atoms with Gasteiger partial charge in [-0.25, -0.2) is 0 Å². The number of ketones is 1. The van der Waals surface area contributed by atoms with Crippen molar-refractivity contribution in [2.45, 2.75) is 19.9 Å². The zero-order valence-corrected chi connectivity index (χ0v) is 20.5. The van der Waals surface area contributed by atoms with Gasteiger partial charge in [-0.2, -0.15) is 0 Å². The molecule has 2 aliphatic rings. The van der Waals surface area contributed by atoms with Gasteiger partial charge in [-0.05, 0) is 47.9 Å². The summed E-state index contributed by atoms with van der Waals surface area (Å²) >= 11 is 6.10. The zero-order chi connectivity index (χ0) is 25.4. The van der Waals surface area contributed by atoms with Gasteiger partial charge in [-0.15, -0.1) is 0 Å². The predicted molar refractivity (Wildman–Crippen MR) is 136 cm³/mol. The van der Waals surface area contributed by atoms with Gasteiger partial charge < -0.3 is 19.3 Å². The fraction of sp³-hybridized carbons (Fsp3) is 0.214. The number of aliphatic hydroxyl groups excluding tert-OH is 1. The topological polar surface area (TPSA) is 85.3 Å². The Morgan fingerprint density at radius 3 is 2.56 bits per heavy atom. The number of hydrogen-bond acceptors (Lipinski definition) is 6. The minimum atomic E-state index is -0.886. The normalized spacial score (nSPS) is 18.2. The number of rotatable bonds is 6. The van der Waals surface area contributed by atoms with Crippen LogP contribution in [0.15, 0.2) is 72.3 Å². The molecular formula is C28H24ClNO6. The Labute approximate surface area is 213 Å². The quantitative estimate of drug-likeness (QED) is 0.261. The van der Waals surface area contributed by atoms with Crippen LogP contribution in [0.1, 0.15) is 31.0 Å². The molecule has 1 unspecified atom stereocenters. The molecule has 184 valence electrons. The molecule has 8 heteroatoms. The van der Waals surface area contributed by atoms with Crippen molar-refractivity contribution >= 4 is 34.7 Å². The van der Waals surface area contributed by atoms with E-state index >= 15 is 0 Å². The standard InChI is InChI=1S/C28H24ClNO6/c1-16(2)14-34-21-5-3-4-18(12-21)26(31)24-25(17-6-8-19(29)9-7-17)30(28(33)27(24)32)20-10-11-22-23(13-20)36-15-35-22/h3-13,16,25,31H,14-15H2,1-2H3/b26-24+. The lowest BCUT2D eigenvalue weighted by atomic mass is 9.95. The molecule has 7 nitrogen and oxygen atoms in total. The highest BCUT2D eigenvalue weighted by molar-refractivity contribution is 6.51. The van der Waals surface area contributed by atoms with Crippen LogP contribution in [-0.2, 0) is 9.59 Å². The van der Waals surface area contributed by atoms with E-state index < -0.39 is 17.7 Å². The molecule has 0 aromatic heterocycles. The summed E-state index contributed by atoms with van der Waals surface area (Å²) in [6, 6.07) is 17.8. The Morgan fingerprint density at radius 2 is 1.81 bits per heavy atom. The molecule has 0 radical (unpaired) electrons. The van der Waals surface area contributed by atoms with Crippen LogP contribution in [0, 0.1) is 5.92 Å². The summed E-state index contributed by atoms with van der Waals surface area (Å²) in [7, 11) is 0. The van der Waals surface area contributed by atoms with Crippen molar-refractivity contribution in [2.24, 2.45) is 5.92 Å². The highest BCUT2D eigenvalue weighted by Gasteiger charge is 2.47. The van der Waals surface area contributed by atoms with Crippen molar-refractivity contribution < 1.29 is 28.9 Å². The minimum absolute atomic E-state index is 0.0269. The van der Waals surface area contributed by atoms with E-state index in [1.165, 1.54) is 4.90 Å². The molecule has 36 heavy (non-hydrogen) atoms. The molecule has 0 aliphatic carbocycles. The molecule has 1 fully saturated rings. The first-order chi connectivity index (χ1) is 17.3. The predicted octanol–water partition coefficient (Wildman–Crippen LogP) is 5.73. The Balaban J connectivity index is 1.63. The van der Waals surface area contributed by atoms with Crippen molar-refractivity contribution in [1.82, 2.24) is 0 Å². The summed E-state index contributed by atoms with van der Waals surface area (Å²) < 4.78 is 16.6. The second-order valence-electron chi connectivity index (χ2n) is 8.99. The summed E-state index contributed by atoms with van der Waals surface area (Å²) in [6.45, 7) is 4.65. The number of fused-ring (bicyclic) bond motifs is 1. The first-order valence-corrected chi connectivity index (χ1v) is 11.9. The molecule has 5 rings (SSSR count). The van der Waals surface area contributed by atoms with Crippen LogP contribution in [-0.4, -0.2) is 30.2 Å². The Bertz CT molecular complexity index is 1360. The fourth-order valence-electron chi connectivity index (χ4n) is 4.25. The van der Waals surface area contributed by atoms with Crippen LogP contribution in [0.3, 0.4) is 0 Å². The maximum absolute atomic E-state index is 13.4. The molecule has 0 bridgehead atoms. The number of aliphatic hydroxyl groups is 1. The van der Waals surface area contributed by atoms with Gasteiger partial charge >= 0.3 is 0 Å². The number of ether oxygens (including phenoxy) is 3. The van der Waals surface area contributed by atoms with Crippen LogP contribution in [0.4, 0.5) is 5.69 Å². The van der Waals surface area contributed by atoms with E-state index in [1.54, 1.807) is 66.7 Å². The smallest absolute Gasteiger partial charge is 0.300 e. The van der Waals surface area contributed by atoms with Crippen LogP contribution < -0.4 is 19.1 Å². The average Bonchev–Trinajstić information content (AvgIpc) is 3.45. The number of carbonyl (C=O) groups is 2. The highest BCUT2D eigenvalue weighted by atomic mass is 35.5. The number of benzene rings is 3. The summed E-state index contributed by atoms with van der Waals surface area (Å²) in [4.78, 5) is 28.1. The summed E-state index contributed by atoms with van der Waals surface area (Å²) in [6.07, 6.45) is 0. The Morgan fingerprint density at radius 1 is 1.06 bits per heavy atom. The molecule has 1 atom stereocenters. The van der Waals surface area contributed by atoms with Gasteiger partial charge in [0.2, 0.25) is 6.79 Å². The van der Waals surface area contributed by atoms with Gasteiger partial charge in [-0.1, -0.05) is 49.7 Å². The van der Waals surface area contributed by atoms with Gasteiger partial charge in [0.25, 0.3) is 11.7 Å². The number of hydrogen-bond donors (Lipinski definition) is 1. The van der Waals surface area contributed by atoms with E-state index in [9.17, 15) is 14.7 Å². The first-order valence-electron chi connectivity index (χ1n) is 11.5. The summed E-state index contributed by atoms with van der Waals surface area (Å²) in [5, 5.41) is 11.9. The molecule has 3 aromatic carbocycles. The molecule has 2 heterocycles. The van der Waals surface area contributed by atoms with Crippen LogP contribution in [0.2, 0.25) is 5.02 Å². The molecule has 0 spiro atoms. The van der Waals surface area contributed by atoms with E-state index in [0.717, 1.165) is 0 Å². The van der Waals surface area contributed by atoms with E-state index in [0.29, 0.717) is 51.6 Å². The third-order valence-corrected chi connectivity index (χ3v) is 6.21. The third-order valence-electron chi connectivity index (χ3n) is 5.96. The molecule has 1 saturated heterocycles. The lowest BCUT2D eigenvalue weighted by molar-refractivity contribution is -0.132. The van der Waals surface area contributed by atoms with Gasteiger partial charge in [0, 0.05) is 22.3 Å². The Kier molecular flexibility index (Phi) is 6.33. The van der Waals surface area contributed by atoms with Crippen molar-refractivity contribution in [1.29, 1.82) is 0 Å². The van der Waals surface area contributed by atoms with Gasteiger partial charge in [0.15, 0.2) is 11.5 Å². The molecule has 3 aromatic rings. The van der Waals surface area contributed by atoms with Crippen molar-refractivity contribution in [2.75, 3.05) is 18.3 Å². The minimum Gasteiger partial charge on any atom is -0.507 e. The molecular weight excluding hydrogens is 482 g/mol. The molecule has 0 saturated carbocycles. The van der Waals surface area contributed by atoms with E-state index in [2.05, 4.69) is 0 Å². The van der Waals surface area contributed by atoms with E-state index in [1.807, 2.05) is 13.8 Å². The largest absolute Gasteiger partial charge is 0.507 e. The fourth-order valence-corrected chi connectivity index (χ4v) is 4.37. The molecule has 1 N–H and O–H groups in total. The van der Waals surface area contributed by atoms with Crippen LogP contribution in [0.25, 0.3) is 5.76 Å². The SMILES string of the molecule is CC(C)COc1cccc(/C(O)=C2\C(=O)C(=O)N(c3ccc4c(c3)OCO4)C2c2ccc(Cl)cc2)c1. The number of nitrogens with zero attached hydrogens (tertiary/aromatic N) is 1. The van der Waals surface area contributed by atoms with Gasteiger partial charge in [-0.3, -0.25) is 14.5 Å². The van der Waals surface area contributed by atoms with Crippen LogP contribution in [0.5, 0.6) is 17.2 Å². The summed E-state index contributed by atoms with van der Waals surface area (Å²) in [5.74, 6) is 0.0589. The number of Topliss-reactive ketones (excluding diaryl/α,β-unsaturated/α-hetero) is 1. The monoisotopic (exact) mass is 505 g/mol. The number of amides is 1. The number of carbonyl (C=O) groups excluding carboxylic acids is 2. The first kappa shape index (κ1) is 23.8.